The third kappa shape index (κ3) is 8.90. The minimum absolute atomic E-state index is 0.0734. The van der Waals surface area contributed by atoms with Gasteiger partial charge in [-0.25, -0.2) is 5.48 Å². The summed E-state index contributed by atoms with van der Waals surface area (Å²) >= 11 is 0. The van der Waals surface area contributed by atoms with E-state index in [2.05, 4.69) is 5.32 Å². The van der Waals surface area contributed by atoms with Crippen molar-refractivity contribution in [3.05, 3.63) is 35.9 Å². The Kier molecular flexibility index (Phi) is 11.7. The zero-order valence-electron chi connectivity index (χ0n) is 19.3. The number of amides is 2. The van der Waals surface area contributed by atoms with Crippen LogP contribution < -0.4 is 10.8 Å². The van der Waals surface area contributed by atoms with Gasteiger partial charge in [0.25, 0.3) is 5.91 Å². The molecule has 2 unspecified atom stereocenters. The minimum atomic E-state index is -1.06. The van der Waals surface area contributed by atoms with Gasteiger partial charge in [0, 0.05) is 12.6 Å². The summed E-state index contributed by atoms with van der Waals surface area (Å²) in [5.74, 6) is -1.62. The van der Waals surface area contributed by atoms with E-state index in [1.54, 1.807) is 12.3 Å². The highest BCUT2D eigenvalue weighted by atomic mass is 16.5. The van der Waals surface area contributed by atoms with Gasteiger partial charge in [-0.05, 0) is 77.3 Å². The Hall–Kier alpha value is -1.94. The van der Waals surface area contributed by atoms with Crippen LogP contribution in [0.1, 0.15) is 51.0 Å². The molecule has 32 heavy (non-hydrogen) atoms. The number of ether oxygens (including phenoxy) is 1. The van der Waals surface area contributed by atoms with Crippen molar-refractivity contribution in [1.82, 2.24) is 15.6 Å². The summed E-state index contributed by atoms with van der Waals surface area (Å²) in [6.45, 7) is 5.49. The lowest BCUT2D eigenvalue weighted by Gasteiger charge is -2.28. The SMILES string of the molecule is CB(O)N1CCCCOC(C(=O)NO)C(CCCc2ccccc2)C(=O)N[C@H](C)CCC1. The van der Waals surface area contributed by atoms with Crippen LogP contribution in [0.25, 0.3) is 0 Å². The summed E-state index contributed by atoms with van der Waals surface area (Å²) in [4.78, 5) is 27.6. The van der Waals surface area contributed by atoms with E-state index in [1.165, 1.54) is 5.56 Å². The summed E-state index contributed by atoms with van der Waals surface area (Å²) < 4.78 is 5.84. The summed E-state index contributed by atoms with van der Waals surface area (Å²) in [5.41, 5.74) is 2.85. The summed E-state index contributed by atoms with van der Waals surface area (Å²) in [6, 6.07) is 9.94. The van der Waals surface area contributed by atoms with Gasteiger partial charge in [-0.2, -0.15) is 0 Å². The smallest absolute Gasteiger partial charge is 0.376 e. The Morgan fingerprint density at radius 3 is 2.66 bits per heavy atom. The van der Waals surface area contributed by atoms with Crippen molar-refractivity contribution in [2.75, 3.05) is 19.7 Å². The normalized spacial score (nSPS) is 24.2. The van der Waals surface area contributed by atoms with Crippen LogP contribution >= 0.6 is 0 Å². The fourth-order valence-corrected chi connectivity index (χ4v) is 4.16. The molecule has 3 atom stereocenters. The Labute approximate surface area is 191 Å². The van der Waals surface area contributed by atoms with Gasteiger partial charge in [0.2, 0.25) is 5.91 Å². The maximum Gasteiger partial charge on any atom is 0.376 e. The number of rotatable bonds is 6. The van der Waals surface area contributed by atoms with Crippen LogP contribution in [0.15, 0.2) is 30.3 Å². The molecule has 9 heteroatoms. The highest BCUT2D eigenvalue weighted by Gasteiger charge is 2.35. The fraction of sp³-hybridized carbons (Fsp3) is 0.652. The van der Waals surface area contributed by atoms with Crippen LogP contribution in [-0.2, 0) is 20.7 Å². The molecule has 8 nitrogen and oxygen atoms in total. The molecule has 0 spiro atoms. The maximum atomic E-state index is 13.1. The molecule has 0 saturated carbocycles. The van der Waals surface area contributed by atoms with Crippen molar-refractivity contribution in [3.63, 3.8) is 0 Å². The average molecular weight is 447 g/mol. The second-order valence-electron chi connectivity index (χ2n) is 8.68. The quantitative estimate of drug-likeness (QED) is 0.302. The van der Waals surface area contributed by atoms with E-state index in [-0.39, 0.29) is 11.9 Å². The first kappa shape index (κ1) is 26.3. The molecule has 1 fully saturated rings. The predicted molar refractivity (Wildman–Crippen MR) is 124 cm³/mol. The van der Waals surface area contributed by atoms with Crippen LogP contribution in [0, 0.1) is 5.92 Å². The van der Waals surface area contributed by atoms with Gasteiger partial charge in [-0.15, -0.1) is 0 Å². The molecular formula is C23H38BN3O5. The van der Waals surface area contributed by atoms with Gasteiger partial charge < -0.3 is 19.9 Å². The van der Waals surface area contributed by atoms with Crippen molar-refractivity contribution in [1.29, 1.82) is 0 Å². The molecule has 4 N–H and O–H groups in total. The number of hydrogen-bond donors (Lipinski definition) is 4. The molecule has 2 amide bonds. The molecule has 1 saturated heterocycles. The van der Waals surface area contributed by atoms with Crippen LogP contribution in [0.5, 0.6) is 0 Å². The molecule has 0 aromatic heterocycles. The van der Waals surface area contributed by atoms with E-state index in [0.717, 1.165) is 45.2 Å². The van der Waals surface area contributed by atoms with E-state index in [4.69, 9.17) is 4.74 Å². The first-order valence-electron chi connectivity index (χ1n) is 11.7. The van der Waals surface area contributed by atoms with Crippen molar-refractivity contribution < 1.29 is 24.6 Å². The zero-order valence-corrected chi connectivity index (χ0v) is 19.3. The molecule has 2 rings (SSSR count). The Bertz CT molecular complexity index is 691. The van der Waals surface area contributed by atoms with E-state index in [9.17, 15) is 19.8 Å². The molecule has 1 aliphatic rings. The first-order valence-corrected chi connectivity index (χ1v) is 11.7. The first-order chi connectivity index (χ1) is 15.4. The van der Waals surface area contributed by atoms with Crippen LogP contribution in [-0.4, -0.2) is 65.7 Å². The average Bonchev–Trinajstić information content (AvgIpc) is 2.78. The lowest BCUT2D eigenvalue weighted by molar-refractivity contribution is -0.151. The van der Waals surface area contributed by atoms with Gasteiger partial charge in [-0.1, -0.05) is 30.3 Å². The second-order valence-corrected chi connectivity index (χ2v) is 8.68. The molecule has 1 aromatic rings. The summed E-state index contributed by atoms with van der Waals surface area (Å²) in [5, 5.41) is 22.3. The van der Waals surface area contributed by atoms with Gasteiger partial charge in [-0.3, -0.25) is 14.8 Å². The molecule has 1 aromatic carbocycles. The van der Waals surface area contributed by atoms with Gasteiger partial charge in [0.05, 0.1) is 5.92 Å². The third-order valence-electron chi connectivity index (χ3n) is 6.03. The number of aryl methyl sites for hydroxylation is 1. The zero-order chi connectivity index (χ0) is 23.3. The monoisotopic (exact) mass is 447 g/mol. The van der Waals surface area contributed by atoms with E-state index in [0.29, 0.717) is 19.4 Å². The van der Waals surface area contributed by atoms with Gasteiger partial charge >= 0.3 is 7.05 Å². The number of nitrogens with zero attached hydrogens (tertiary/aromatic N) is 1. The van der Waals surface area contributed by atoms with Gasteiger partial charge in [0.15, 0.2) is 0 Å². The van der Waals surface area contributed by atoms with Crippen molar-refractivity contribution in [2.24, 2.45) is 5.92 Å². The summed E-state index contributed by atoms with van der Waals surface area (Å²) in [7, 11) is -0.532. The van der Waals surface area contributed by atoms with Crippen molar-refractivity contribution >= 4 is 18.9 Å². The molecule has 1 aliphatic heterocycles. The molecule has 1 heterocycles. The summed E-state index contributed by atoms with van der Waals surface area (Å²) in [6.07, 6.45) is 4.04. The van der Waals surface area contributed by atoms with Crippen LogP contribution in [0.3, 0.4) is 0 Å². The highest BCUT2D eigenvalue weighted by molar-refractivity contribution is 6.45. The van der Waals surface area contributed by atoms with Crippen molar-refractivity contribution in [2.45, 2.75) is 70.8 Å². The van der Waals surface area contributed by atoms with E-state index >= 15 is 0 Å². The lowest BCUT2D eigenvalue weighted by Crippen LogP contribution is -2.49. The van der Waals surface area contributed by atoms with E-state index < -0.39 is 25.0 Å². The van der Waals surface area contributed by atoms with Crippen LogP contribution in [0.2, 0.25) is 6.82 Å². The predicted octanol–water partition coefficient (Wildman–Crippen LogP) is 2.01. The van der Waals surface area contributed by atoms with Gasteiger partial charge in [0.1, 0.15) is 6.10 Å². The second kappa shape index (κ2) is 14.3. The molecule has 178 valence electrons. The largest absolute Gasteiger partial charge is 0.437 e. The standard InChI is InChI=1S/C23H38BN3O5/c1-18-10-9-16-27(24(2)30)15-6-7-17-32-21(23(29)26-31)20(22(28)25-18)14-8-13-19-11-4-3-5-12-19/h3-5,11-12,18,20-21,30-31H,6-10,13-17H2,1-2H3,(H,25,28)(H,26,29)/t18-,20?,21?/m1/s1. The van der Waals surface area contributed by atoms with Crippen LogP contribution in [0.4, 0.5) is 0 Å². The number of hydroxylamine groups is 1. The minimum Gasteiger partial charge on any atom is -0.437 e. The number of hydrogen-bond acceptors (Lipinski definition) is 6. The third-order valence-corrected chi connectivity index (χ3v) is 6.03. The van der Waals surface area contributed by atoms with Crippen molar-refractivity contribution in [3.8, 4) is 0 Å². The maximum absolute atomic E-state index is 13.1. The molecule has 0 radical (unpaired) electrons. The Morgan fingerprint density at radius 2 is 1.97 bits per heavy atom. The highest BCUT2D eigenvalue weighted by Crippen LogP contribution is 2.20. The fourth-order valence-electron chi connectivity index (χ4n) is 4.16. The lowest BCUT2D eigenvalue weighted by atomic mass is 9.84. The number of carbonyl (C=O) groups is 2. The molecule has 0 bridgehead atoms. The van der Waals surface area contributed by atoms with E-state index in [1.807, 2.05) is 42.1 Å². The topological polar surface area (TPSA) is 111 Å². The molecular weight excluding hydrogens is 409 g/mol. The molecule has 0 aliphatic carbocycles. The number of nitrogens with one attached hydrogen (secondary N) is 2. The Balaban J connectivity index is 2.10. The number of carbonyl (C=O) groups excluding carboxylic acids is 2. The number of benzene rings is 1. The Morgan fingerprint density at radius 1 is 1.25 bits per heavy atom.